The zero-order chi connectivity index (χ0) is 110. The Morgan fingerprint density at radius 2 is 0.483 bits per heavy atom. The SMILES string of the molecule is C=C=C=C=C=C=C=C=C=C=C=C=C=C=C=C=C=C=C=C=C=C=C=C=C=C=C=C=C=C=C=C=C=C=C=C=C=C=C=C=C=C=C=C=C=C=C=C=C=C=C=C=C=C=C=C=C=C=C.COC(=O)/C(=C/c1cccc2c1OCC2)N=[N+]=[N-].O=Cc1cccc2c1OCC2.[B][B]B([B])B(B(B([B])[B])B([B])[B])B(B(B(B([B])[B])B([B])[B])B(B([B])[B])B([B])[B])B(B(B(B([B])[B])B([B])[B])B(B([B])[B])B([B])[B])B(B(B([B])[B])B([B])[B])B(B([B])[B])B([B])[B]. The van der Waals surface area contributed by atoms with E-state index in [9.17, 15) is 9.59 Å². The molecule has 2 aliphatic heterocycles. The summed E-state index contributed by atoms with van der Waals surface area (Å²) in [7, 11) is 200. The second kappa shape index (κ2) is 80.4. The molecule has 0 N–H and O–H groups in total. The largest absolute Gasteiger partial charge is 0.492 e. The molecule has 0 spiro atoms. The van der Waals surface area contributed by atoms with Gasteiger partial charge in [0.2, 0.25) is 0 Å². The Morgan fingerprint density at radius 3 is 0.660 bits per heavy atom. The van der Waals surface area contributed by atoms with Crippen molar-refractivity contribution in [2.75, 3.05) is 20.3 Å². The number of hydrogen-bond acceptors (Lipinski definition) is 6. The van der Waals surface area contributed by atoms with Crippen molar-refractivity contribution in [1.29, 1.82) is 0 Å². The molecule has 2 heterocycles. The van der Waals surface area contributed by atoms with Gasteiger partial charge >= 0.3 is 5.97 Å². The van der Waals surface area contributed by atoms with E-state index in [4.69, 9.17) is 247 Å². The monoisotopic (exact) mass is 1750 g/mol. The van der Waals surface area contributed by atoms with Crippen molar-refractivity contribution in [3.05, 3.63) is 415 Å². The lowest BCUT2D eigenvalue weighted by molar-refractivity contribution is -0.136. The molecule has 0 saturated heterocycles. The van der Waals surface area contributed by atoms with E-state index in [1.165, 1.54) is 13.2 Å². The highest BCUT2D eigenvalue weighted by Gasteiger charge is 2.62. The molecule has 565 valence electrons. The van der Waals surface area contributed by atoms with Crippen LogP contribution in [0.5, 0.6) is 11.5 Å². The molecule has 0 bridgehead atoms. The molecule has 0 saturated carbocycles. The number of azide groups is 1. The van der Waals surface area contributed by atoms with Crippen LogP contribution >= 0.6 is 0 Å². The van der Waals surface area contributed by atoms with E-state index in [0.717, 1.165) is 48.8 Å². The van der Waals surface area contributed by atoms with Crippen molar-refractivity contribution in [1.82, 2.24) is 0 Å². The first kappa shape index (κ1) is 132. The molecule has 4 rings (SSSR count). The van der Waals surface area contributed by atoms with Crippen LogP contribution in [0, 0.1) is 0 Å². The second-order valence-corrected chi connectivity index (χ2v) is 29.8. The smallest absolute Gasteiger partial charge is 0.340 e. The molecule has 2 aromatic rings. The Morgan fingerprint density at radius 1 is 0.306 bits per heavy atom. The number of rotatable bonds is 32. The minimum absolute atomic E-state index is 0.0936. The molecule has 0 amide bonds. The third-order valence-electron chi connectivity index (χ3n) is 20.2. The van der Waals surface area contributed by atoms with Gasteiger partial charge in [0.25, 0.3) is 0 Å². The minimum atomic E-state index is -1.47. The van der Waals surface area contributed by atoms with Crippen LogP contribution in [-0.2, 0) is 22.4 Å². The highest BCUT2D eigenvalue weighted by atomic mass is 16.5. The number of fused-ring (bicyclic) bond motifs is 2. The maximum Gasteiger partial charge on any atom is 0.340 e. The first-order valence-corrected chi connectivity index (χ1v) is 43.0. The van der Waals surface area contributed by atoms with E-state index in [2.05, 4.69) is 355 Å². The van der Waals surface area contributed by atoms with Gasteiger partial charge in [0.15, 0.2) is 6.29 Å². The molecule has 8 nitrogen and oxygen atoms in total. The average Bonchev–Trinajstić information content (AvgIpc) is 1.32. The molecule has 61 radical (unpaired) electrons. The summed E-state index contributed by atoms with van der Waals surface area (Å²) in [5.74, 6) is 0.831. The quantitative estimate of drug-likeness (QED) is 0.0106. The minimum Gasteiger partial charge on any atom is -0.492 e. The van der Waals surface area contributed by atoms with Crippen molar-refractivity contribution in [2.24, 2.45) is 5.11 Å². The summed E-state index contributed by atoms with van der Waals surface area (Å²) in [6, 6.07) is 11.3. The zero-order valence-electron chi connectivity index (χ0n) is 79.8. The van der Waals surface area contributed by atoms with E-state index in [1.807, 2.05) is 24.3 Å². The van der Waals surface area contributed by atoms with Crippen LogP contribution in [0.4, 0.5) is 0 Å². The second-order valence-electron chi connectivity index (χ2n) is 29.8. The lowest BCUT2D eigenvalue weighted by Crippen LogP contribution is -2.97. The topological polar surface area (TPSA) is 111 Å². The van der Waals surface area contributed by atoms with Crippen molar-refractivity contribution >= 4 is 436 Å². The Balaban J connectivity index is 0.00000114. The van der Waals surface area contributed by atoms with Crippen LogP contribution < -0.4 is 9.47 Å². The van der Waals surface area contributed by atoms with Crippen LogP contribution in [0.2, 0.25) is 0 Å². The molecule has 2 aliphatic rings. The zero-order valence-corrected chi connectivity index (χ0v) is 79.8. The number of methoxy groups -OCH3 is 1. The van der Waals surface area contributed by atoms with E-state index in [0.29, 0.717) is 24.3 Å². The Kier molecular flexibility index (Phi) is 72.4. The van der Waals surface area contributed by atoms with Crippen molar-refractivity contribution in [2.45, 2.75) is 12.8 Å². The Labute approximate surface area is 916 Å². The fraction of sp³-hybridized carbons (Fsp3) is 0.0625. The average molecular weight is 1740 g/mol. The number of esters is 1. The van der Waals surface area contributed by atoms with Crippen molar-refractivity contribution in [3.8, 4) is 11.5 Å². The molecule has 0 aliphatic carbocycles. The van der Waals surface area contributed by atoms with Gasteiger partial charge in [-0.1, -0.05) is 46.9 Å². The number of para-hydroxylation sites is 2. The van der Waals surface area contributed by atoms with Gasteiger partial charge < -0.3 is 14.2 Å². The summed E-state index contributed by atoms with van der Waals surface area (Å²) >= 11 is 0. The number of carbonyl (C=O) groups excluding carboxylic acids is 2. The van der Waals surface area contributed by atoms with Crippen LogP contribution in [-0.4, -0.2) is 451 Å². The van der Waals surface area contributed by atoms with Crippen LogP contribution in [0.1, 0.15) is 27.0 Å². The van der Waals surface area contributed by atoms with E-state index >= 15 is 0 Å². The number of benzene rings is 2. The first-order valence-electron chi connectivity index (χ1n) is 43.0. The molecule has 0 fully saturated rings. The maximum atomic E-state index is 11.4. The number of ether oxygens (including phenoxy) is 3. The van der Waals surface area contributed by atoms with Crippen LogP contribution in [0.25, 0.3) is 16.5 Å². The summed E-state index contributed by atoms with van der Waals surface area (Å²) in [5.41, 5.74) is 154. The first-order chi connectivity index (χ1) is 70.4. The van der Waals surface area contributed by atoms with Crippen LogP contribution in [0.3, 0.4) is 0 Å². The predicted molar refractivity (Wildman–Crippen MR) is 657 cm³/mol. The Bertz CT molecular complexity index is 7190. The van der Waals surface area contributed by atoms with Gasteiger partial charge in [0.05, 0.1) is 25.9 Å². The van der Waals surface area contributed by atoms with Gasteiger partial charge in [-0.15, -0.1) is 0 Å². The maximum absolute atomic E-state index is 11.4. The van der Waals surface area contributed by atoms with Gasteiger partial charge in [-0.25, -0.2) is 4.79 Å². The van der Waals surface area contributed by atoms with Crippen LogP contribution in [0.15, 0.2) is 387 Å². The predicted octanol–water partition coefficient (Wildman–Crippen LogP) is -8.94. The normalized spacial score (nSPS) is 8.13. The third-order valence-corrected chi connectivity index (χ3v) is 20.2. The molecule has 147 heavy (non-hydrogen) atoms. The molecule has 0 aromatic heterocycles. The molecule has 0 unspecified atom stereocenters. The molecule has 67 heteroatoms. The number of nitrogens with zero attached hydrogens (tertiary/aromatic N) is 3. The van der Waals surface area contributed by atoms with E-state index < -0.39 is 185 Å². The number of carbonyl (C=O) groups is 2. The summed E-state index contributed by atoms with van der Waals surface area (Å²) in [5, 5.41) is 3.33. The Hall–Kier alpha value is -12.7. The highest BCUT2D eigenvalue weighted by molar-refractivity contribution is 8.37. The summed E-state index contributed by atoms with van der Waals surface area (Å²) < 4.78 is 15.3. The number of aldehydes is 1. The van der Waals surface area contributed by atoms with Gasteiger partial charge in [-0.2, -0.15) is 0 Å². The van der Waals surface area contributed by atoms with Gasteiger partial charge in [0.1, 0.15) is 17.2 Å². The van der Waals surface area contributed by atoms with Crippen molar-refractivity contribution < 1.29 is 23.8 Å². The molecular formula is C80H23B59N3O5. The highest BCUT2D eigenvalue weighted by Crippen LogP contribution is 2.32. The summed E-state index contributed by atoms with van der Waals surface area (Å²) in [6.45, 7) is 7.96. The lowest BCUT2D eigenvalue weighted by atomic mass is 8.23. The fourth-order valence-electron chi connectivity index (χ4n) is 15.0. The van der Waals surface area contributed by atoms with Gasteiger partial charge in [0, 0.05) is 665 Å². The fourth-order valence-corrected chi connectivity index (χ4v) is 15.0. The van der Waals surface area contributed by atoms with Crippen molar-refractivity contribution in [3.63, 3.8) is 0 Å². The van der Waals surface area contributed by atoms with E-state index in [-0.39, 0.29) is 5.70 Å². The third kappa shape index (κ3) is 52.9. The molecule has 2 aromatic carbocycles. The van der Waals surface area contributed by atoms with Gasteiger partial charge in [-0.3, -0.25) is 4.79 Å². The van der Waals surface area contributed by atoms with E-state index in [1.54, 1.807) is 12.1 Å². The standard InChI is InChI=1S/C59H4.C12H11N3O3.C9H8O2.B59/c1-3-5-7-9-11-13-15-17-19-21-23-25-27-29-31-33-35-37-39-41-43-45-47-49-51-53-55-57-59-58-56-54-52-50-48-46-44-42-40-38-36-34-32-30-28-26-24-22-20-18-16-14-12-10-8-6-4-2;1-17-12(16)10(14-15-13)7-9-4-2-3-8-5-6-18-11(8)9;10-6-8-3-1-2-7-4-5-11-9(7)8;1-31-46(30)54(47(32(2)3)33(4)5)58(55(48(34(6)7)35(8)9)49(36(10)11)37(12)13)59(56(50(38(14)15)39(16)17)51(40(18)19)41(20)21)57(52(42(22)23)43(24)25)53(44(26)27)45(28)29/h1-2H2;2-4,7H,5-6H2,1H3;1-3,6H,4-5H2;/b;10-7-;;. The number of hydrogen-bond donors (Lipinski definition) is 0. The summed E-state index contributed by atoms with van der Waals surface area (Å²) in [4.78, 5) is 24.5. The van der Waals surface area contributed by atoms with Gasteiger partial charge in [-0.05, 0) is 134 Å². The molecular weight excluding hydrogens is 1720 g/mol. The lowest BCUT2D eigenvalue weighted by Gasteiger charge is -2.58. The summed E-state index contributed by atoms with van der Waals surface area (Å²) in [6.07, 6.45) is -34.9. The molecule has 0 atom stereocenters.